The van der Waals surface area contributed by atoms with Crippen LogP contribution in [0.5, 0.6) is 0 Å². The first-order valence-electron chi connectivity index (χ1n) is 6.49. The first kappa shape index (κ1) is 14.1. The highest BCUT2D eigenvalue weighted by Crippen LogP contribution is 2.25. The van der Waals surface area contributed by atoms with Gasteiger partial charge in [-0.25, -0.2) is 0 Å². The number of halogens is 2. The van der Waals surface area contributed by atoms with Crippen LogP contribution in [0.25, 0.3) is 0 Å². The molecule has 0 radical (unpaired) electrons. The SMILES string of the molecule is CCNC(Cc1ccc(Cl)cc1Cl)C1CCCO1. The molecule has 0 aromatic heterocycles. The number of benzene rings is 1. The molecule has 0 aliphatic carbocycles. The molecule has 1 heterocycles. The van der Waals surface area contributed by atoms with E-state index in [9.17, 15) is 0 Å². The van der Waals surface area contributed by atoms with Crippen LogP contribution in [0.3, 0.4) is 0 Å². The largest absolute Gasteiger partial charge is 0.377 e. The lowest BCUT2D eigenvalue weighted by Gasteiger charge is -2.24. The van der Waals surface area contributed by atoms with Gasteiger partial charge in [-0.1, -0.05) is 36.2 Å². The molecule has 1 aliphatic rings. The van der Waals surface area contributed by atoms with Crippen LogP contribution in [0.2, 0.25) is 10.0 Å². The summed E-state index contributed by atoms with van der Waals surface area (Å²) in [5.41, 5.74) is 1.13. The van der Waals surface area contributed by atoms with Gasteiger partial charge in [0.05, 0.1) is 6.10 Å². The molecule has 1 N–H and O–H groups in total. The monoisotopic (exact) mass is 287 g/mol. The maximum absolute atomic E-state index is 6.23. The fourth-order valence-corrected chi connectivity index (χ4v) is 2.93. The minimum absolute atomic E-state index is 0.302. The zero-order valence-electron chi connectivity index (χ0n) is 10.6. The molecular weight excluding hydrogens is 269 g/mol. The van der Waals surface area contributed by atoms with E-state index >= 15 is 0 Å². The molecule has 1 aromatic rings. The van der Waals surface area contributed by atoms with Crippen molar-refractivity contribution < 1.29 is 4.74 Å². The normalized spacial score (nSPS) is 21.2. The lowest BCUT2D eigenvalue weighted by molar-refractivity contribution is 0.0789. The molecular formula is C14H19Cl2NO. The van der Waals surface area contributed by atoms with Crippen LogP contribution in [0.1, 0.15) is 25.3 Å². The van der Waals surface area contributed by atoms with Crippen molar-refractivity contribution in [1.82, 2.24) is 5.32 Å². The lowest BCUT2D eigenvalue weighted by Crippen LogP contribution is -2.41. The van der Waals surface area contributed by atoms with E-state index in [-0.39, 0.29) is 0 Å². The first-order valence-corrected chi connectivity index (χ1v) is 7.25. The summed E-state index contributed by atoms with van der Waals surface area (Å²) in [6.45, 7) is 3.93. The van der Waals surface area contributed by atoms with Gasteiger partial charge >= 0.3 is 0 Å². The number of hydrogen-bond acceptors (Lipinski definition) is 2. The summed E-state index contributed by atoms with van der Waals surface area (Å²) >= 11 is 12.1. The fourth-order valence-electron chi connectivity index (χ4n) is 2.44. The van der Waals surface area contributed by atoms with Crippen molar-refractivity contribution in [2.45, 2.75) is 38.3 Å². The zero-order valence-corrected chi connectivity index (χ0v) is 12.1. The Balaban J connectivity index is 2.07. The smallest absolute Gasteiger partial charge is 0.0732 e. The van der Waals surface area contributed by atoms with E-state index in [4.69, 9.17) is 27.9 Å². The molecule has 0 bridgehead atoms. The minimum atomic E-state index is 0.302. The van der Waals surface area contributed by atoms with Crippen molar-refractivity contribution in [2.75, 3.05) is 13.2 Å². The summed E-state index contributed by atoms with van der Waals surface area (Å²) in [6, 6.07) is 6.03. The van der Waals surface area contributed by atoms with Gasteiger partial charge in [0.15, 0.2) is 0 Å². The Labute approximate surface area is 119 Å². The molecule has 1 aromatic carbocycles. The van der Waals surface area contributed by atoms with Gasteiger partial charge in [0.25, 0.3) is 0 Å². The molecule has 1 saturated heterocycles. The second-order valence-electron chi connectivity index (χ2n) is 4.66. The predicted molar refractivity (Wildman–Crippen MR) is 76.6 cm³/mol. The van der Waals surface area contributed by atoms with E-state index in [1.807, 2.05) is 12.1 Å². The lowest BCUT2D eigenvalue weighted by atomic mass is 9.99. The van der Waals surface area contributed by atoms with Crippen LogP contribution in [-0.4, -0.2) is 25.3 Å². The van der Waals surface area contributed by atoms with Crippen LogP contribution in [-0.2, 0) is 11.2 Å². The van der Waals surface area contributed by atoms with Crippen molar-refractivity contribution in [1.29, 1.82) is 0 Å². The highest BCUT2D eigenvalue weighted by atomic mass is 35.5. The minimum Gasteiger partial charge on any atom is -0.377 e. The van der Waals surface area contributed by atoms with Crippen LogP contribution < -0.4 is 5.32 Å². The quantitative estimate of drug-likeness (QED) is 0.892. The summed E-state index contributed by atoms with van der Waals surface area (Å²) in [6.07, 6.45) is 3.47. The summed E-state index contributed by atoms with van der Waals surface area (Å²) in [5.74, 6) is 0. The molecule has 2 atom stereocenters. The van der Waals surface area contributed by atoms with Gasteiger partial charge in [-0.3, -0.25) is 0 Å². The maximum Gasteiger partial charge on any atom is 0.0732 e. The van der Waals surface area contributed by atoms with E-state index in [0.29, 0.717) is 17.2 Å². The van der Waals surface area contributed by atoms with Gasteiger partial charge < -0.3 is 10.1 Å². The van der Waals surface area contributed by atoms with E-state index in [2.05, 4.69) is 12.2 Å². The van der Waals surface area contributed by atoms with Crippen molar-refractivity contribution in [2.24, 2.45) is 0 Å². The molecule has 2 rings (SSSR count). The molecule has 18 heavy (non-hydrogen) atoms. The summed E-state index contributed by atoms with van der Waals surface area (Å²) in [4.78, 5) is 0. The van der Waals surface area contributed by atoms with Gasteiger partial charge in [-0.2, -0.15) is 0 Å². The van der Waals surface area contributed by atoms with Gasteiger partial charge in [-0.15, -0.1) is 0 Å². The fraction of sp³-hybridized carbons (Fsp3) is 0.571. The average Bonchev–Trinajstić information content (AvgIpc) is 2.85. The molecule has 0 amide bonds. The van der Waals surface area contributed by atoms with Gasteiger partial charge in [0, 0.05) is 22.7 Å². The number of rotatable bonds is 5. The Bertz CT molecular complexity index is 391. The highest BCUT2D eigenvalue weighted by Gasteiger charge is 2.25. The zero-order chi connectivity index (χ0) is 13.0. The number of ether oxygens (including phenoxy) is 1. The van der Waals surface area contributed by atoms with Crippen molar-refractivity contribution in [3.8, 4) is 0 Å². The van der Waals surface area contributed by atoms with Crippen molar-refractivity contribution in [3.63, 3.8) is 0 Å². The summed E-state index contributed by atoms with van der Waals surface area (Å²) in [5, 5.41) is 4.92. The van der Waals surface area contributed by atoms with E-state index in [1.165, 1.54) is 0 Å². The third-order valence-corrected chi connectivity index (χ3v) is 3.92. The molecule has 1 fully saturated rings. The van der Waals surface area contributed by atoms with E-state index in [0.717, 1.165) is 43.0 Å². The van der Waals surface area contributed by atoms with Crippen LogP contribution in [0.4, 0.5) is 0 Å². The Morgan fingerprint density at radius 2 is 2.28 bits per heavy atom. The Kier molecular flexibility index (Phi) is 5.31. The van der Waals surface area contributed by atoms with Gasteiger partial charge in [-0.05, 0) is 43.5 Å². The first-order chi connectivity index (χ1) is 8.70. The Morgan fingerprint density at radius 3 is 2.89 bits per heavy atom. The third kappa shape index (κ3) is 3.61. The topological polar surface area (TPSA) is 21.3 Å². The standard InChI is InChI=1S/C14H19Cl2NO/c1-2-17-13(14-4-3-7-18-14)8-10-5-6-11(15)9-12(10)16/h5-6,9,13-14,17H,2-4,7-8H2,1H3. The summed E-state index contributed by atoms with van der Waals surface area (Å²) < 4.78 is 5.77. The van der Waals surface area contributed by atoms with Crippen LogP contribution >= 0.6 is 23.2 Å². The molecule has 4 heteroatoms. The van der Waals surface area contributed by atoms with Crippen LogP contribution in [0, 0.1) is 0 Å². The molecule has 100 valence electrons. The molecule has 1 aliphatic heterocycles. The van der Waals surface area contributed by atoms with E-state index < -0.39 is 0 Å². The maximum atomic E-state index is 6.23. The third-order valence-electron chi connectivity index (χ3n) is 3.33. The average molecular weight is 288 g/mol. The van der Waals surface area contributed by atoms with Crippen LogP contribution in [0.15, 0.2) is 18.2 Å². The second-order valence-corrected chi connectivity index (χ2v) is 5.50. The molecule has 0 spiro atoms. The number of likely N-dealkylation sites (N-methyl/N-ethyl adjacent to an activating group) is 1. The van der Waals surface area contributed by atoms with Crippen molar-refractivity contribution in [3.05, 3.63) is 33.8 Å². The van der Waals surface area contributed by atoms with E-state index in [1.54, 1.807) is 6.07 Å². The Hall–Kier alpha value is -0.280. The van der Waals surface area contributed by atoms with Gasteiger partial charge in [0.1, 0.15) is 0 Å². The molecule has 2 unspecified atom stereocenters. The number of hydrogen-bond donors (Lipinski definition) is 1. The molecule has 0 saturated carbocycles. The Morgan fingerprint density at radius 1 is 1.44 bits per heavy atom. The predicted octanol–water partition coefficient (Wildman–Crippen LogP) is 3.69. The second kappa shape index (κ2) is 6.76. The number of nitrogens with one attached hydrogen (secondary N) is 1. The molecule has 2 nitrogen and oxygen atoms in total. The summed E-state index contributed by atoms with van der Waals surface area (Å²) in [7, 11) is 0. The highest BCUT2D eigenvalue weighted by molar-refractivity contribution is 6.35. The van der Waals surface area contributed by atoms with Gasteiger partial charge in [0.2, 0.25) is 0 Å². The van der Waals surface area contributed by atoms with Crippen molar-refractivity contribution >= 4 is 23.2 Å².